The van der Waals surface area contributed by atoms with Crippen LogP contribution in [0.1, 0.15) is 66.3 Å². The molecule has 1 saturated carbocycles. The molecule has 2 aliphatic rings. The molecule has 0 amide bonds. The van der Waals surface area contributed by atoms with Crippen LogP contribution in [0, 0.1) is 5.41 Å². The van der Waals surface area contributed by atoms with Gasteiger partial charge in [0, 0.05) is 5.69 Å². The van der Waals surface area contributed by atoms with Gasteiger partial charge in [-0.3, -0.25) is 4.98 Å². The fraction of sp³-hybridized carbons (Fsp3) is 0.625. The highest BCUT2D eigenvalue weighted by molar-refractivity contribution is 5.89. The maximum absolute atomic E-state index is 11.3. The molecule has 3 heteroatoms. The number of pyridine rings is 1. The molecule has 0 bridgehead atoms. The Kier molecular flexibility index (Phi) is 3.08. The Balaban J connectivity index is 2.00. The quantitative estimate of drug-likeness (QED) is 0.885. The Labute approximate surface area is 114 Å². The third-order valence-corrected chi connectivity index (χ3v) is 4.96. The van der Waals surface area contributed by atoms with Crippen molar-refractivity contribution in [3.05, 3.63) is 28.6 Å². The molecule has 0 unspecified atom stereocenters. The molecule has 1 aromatic heterocycles. The summed E-state index contributed by atoms with van der Waals surface area (Å²) in [6, 6.07) is 1.91. The van der Waals surface area contributed by atoms with E-state index in [9.17, 15) is 9.90 Å². The molecule has 0 saturated heterocycles. The number of aromatic carboxylic acids is 1. The summed E-state index contributed by atoms with van der Waals surface area (Å²) in [7, 11) is 0. The lowest BCUT2D eigenvalue weighted by molar-refractivity contribution is 0.0694. The van der Waals surface area contributed by atoms with E-state index in [1.54, 1.807) is 0 Å². The molecule has 1 N–H and O–H groups in total. The van der Waals surface area contributed by atoms with Gasteiger partial charge in [0.15, 0.2) is 0 Å². The van der Waals surface area contributed by atoms with Crippen LogP contribution in [0.2, 0.25) is 0 Å². The minimum atomic E-state index is -0.835. The second-order valence-corrected chi connectivity index (χ2v) is 6.13. The van der Waals surface area contributed by atoms with Crippen molar-refractivity contribution in [3.8, 4) is 0 Å². The van der Waals surface area contributed by atoms with Crippen LogP contribution in [0.4, 0.5) is 0 Å². The van der Waals surface area contributed by atoms with Crippen molar-refractivity contribution in [2.75, 3.05) is 0 Å². The molecule has 1 fully saturated rings. The number of carboxylic acid groups (broad SMARTS) is 1. The van der Waals surface area contributed by atoms with E-state index < -0.39 is 5.97 Å². The lowest BCUT2D eigenvalue weighted by atomic mass is 9.71. The summed E-state index contributed by atoms with van der Waals surface area (Å²) >= 11 is 0. The maximum atomic E-state index is 11.3. The van der Waals surface area contributed by atoms with Crippen molar-refractivity contribution in [1.29, 1.82) is 0 Å². The molecule has 102 valence electrons. The monoisotopic (exact) mass is 259 g/mol. The summed E-state index contributed by atoms with van der Waals surface area (Å²) in [6.45, 7) is 1.97. The Bertz CT molecular complexity index is 516. The van der Waals surface area contributed by atoms with E-state index in [0.717, 1.165) is 24.2 Å². The molecule has 0 aromatic carbocycles. The van der Waals surface area contributed by atoms with E-state index in [4.69, 9.17) is 0 Å². The van der Waals surface area contributed by atoms with Gasteiger partial charge in [-0.2, -0.15) is 0 Å². The molecule has 3 rings (SSSR count). The number of nitrogens with zero attached hydrogens (tertiary/aromatic N) is 1. The van der Waals surface area contributed by atoms with E-state index in [1.807, 2.05) is 13.0 Å². The Morgan fingerprint density at radius 3 is 2.74 bits per heavy atom. The largest absolute Gasteiger partial charge is 0.478 e. The number of fused-ring (bicyclic) bond motifs is 1. The van der Waals surface area contributed by atoms with Crippen LogP contribution in [-0.2, 0) is 19.3 Å². The first-order chi connectivity index (χ1) is 9.13. The summed E-state index contributed by atoms with van der Waals surface area (Å²) in [5.74, 6) is -0.835. The number of carboxylic acids is 1. The molecule has 0 radical (unpaired) electrons. The van der Waals surface area contributed by atoms with Crippen molar-refractivity contribution in [3.63, 3.8) is 0 Å². The third kappa shape index (κ3) is 2.15. The van der Waals surface area contributed by atoms with E-state index in [1.165, 1.54) is 37.7 Å². The summed E-state index contributed by atoms with van der Waals surface area (Å²) in [6.07, 6.45) is 9.29. The van der Waals surface area contributed by atoms with Crippen LogP contribution < -0.4 is 0 Å². The summed E-state index contributed by atoms with van der Waals surface area (Å²) < 4.78 is 0. The summed E-state index contributed by atoms with van der Waals surface area (Å²) in [5, 5.41) is 9.32. The van der Waals surface area contributed by atoms with Crippen LogP contribution in [0.15, 0.2) is 6.07 Å². The first-order valence-electron chi connectivity index (χ1n) is 7.38. The highest BCUT2D eigenvalue weighted by Gasteiger charge is 2.37. The predicted molar refractivity (Wildman–Crippen MR) is 73.5 cm³/mol. The van der Waals surface area contributed by atoms with Gasteiger partial charge in [0.05, 0.1) is 11.3 Å². The SMILES string of the molecule is CCc1nc2c(cc1C(=O)O)CC1(CCCC1)CC2. The van der Waals surface area contributed by atoms with Crippen molar-refractivity contribution in [1.82, 2.24) is 4.98 Å². The minimum absolute atomic E-state index is 0.413. The van der Waals surface area contributed by atoms with Crippen LogP contribution in [0.25, 0.3) is 0 Å². The Hall–Kier alpha value is -1.38. The molecule has 19 heavy (non-hydrogen) atoms. The average Bonchev–Trinajstić information content (AvgIpc) is 2.85. The second-order valence-electron chi connectivity index (χ2n) is 6.13. The number of hydrogen-bond acceptors (Lipinski definition) is 2. The molecule has 1 heterocycles. The van der Waals surface area contributed by atoms with Crippen molar-refractivity contribution in [2.24, 2.45) is 5.41 Å². The second kappa shape index (κ2) is 4.62. The number of hydrogen-bond donors (Lipinski definition) is 1. The Morgan fingerprint density at radius 1 is 1.37 bits per heavy atom. The van der Waals surface area contributed by atoms with Gasteiger partial charge in [-0.05, 0) is 55.6 Å². The van der Waals surface area contributed by atoms with Crippen LogP contribution in [0.3, 0.4) is 0 Å². The third-order valence-electron chi connectivity index (χ3n) is 4.96. The molecule has 3 nitrogen and oxygen atoms in total. The smallest absolute Gasteiger partial charge is 0.337 e. The Morgan fingerprint density at radius 2 is 2.11 bits per heavy atom. The molecule has 0 aliphatic heterocycles. The van der Waals surface area contributed by atoms with Crippen molar-refractivity contribution >= 4 is 5.97 Å². The van der Waals surface area contributed by atoms with Gasteiger partial charge in [0.1, 0.15) is 0 Å². The topological polar surface area (TPSA) is 50.2 Å². The van der Waals surface area contributed by atoms with E-state index in [-0.39, 0.29) is 0 Å². The average molecular weight is 259 g/mol. The van der Waals surface area contributed by atoms with E-state index >= 15 is 0 Å². The molecule has 1 spiro atoms. The normalized spacial score (nSPS) is 20.5. The van der Waals surface area contributed by atoms with Crippen molar-refractivity contribution in [2.45, 2.75) is 58.3 Å². The van der Waals surface area contributed by atoms with Gasteiger partial charge in [0.25, 0.3) is 0 Å². The van der Waals surface area contributed by atoms with Gasteiger partial charge in [-0.25, -0.2) is 4.79 Å². The van der Waals surface area contributed by atoms with Gasteiger partial charge in [0.2, 0.25) is 0 Å². The highest BCUT2D eigenvalue weighted by Crippen LogP contribution is 2.47. The van der Waals surface area contributed by atoms with Gasteiger partial charge < -0.3 is 5.11 Å². The predicted octanol–water partition coefficient (Wildman–Crippen LogP) is 3.39. The first-order valence-corrected chi connectivity index (χ1v) is 7.38. The zero-order valence-electron chi connectivity index (χ0n) is 11.5. The van der Waals surface area contributed by atoms with Gasteiger partial charge in [-0.15, -0.1) is 0 Å². The van der Waals surface area contributed by atoms with Crippen LogP contribution >= 0.6 is 0 Å². The lowest BCUT2D eigenvalue weighted by Gasteiger charge is -2.34. The lowest BCUT2D eigenvalue weighted by Crippen LogP contribution is -2.27. The molecule has 2 aliphatic carbocycles. The fourth-order valence-electron chi connectivity index (χ4n) is 3.89. The number of carbonyl (C=O) groups is 1. The molecular weight excluding hydrogens is 238 g/mol. The first kappa shape index (κ1) is 12.6. The summed E-state index contributed by atoms with van der Waals surface area (Å²) in [4.78, 5) is 16.0. The molecule has 1 aromatic rings. The van der Waals surface area contributed by atoms with Gasteiger partial charge in [-0.1, -0.05) is 19.8 Å². The maximum Gasteiger partial charge on any atom is 0.337 e. The fourth-order valence-corrected chi connectivity index (χ4v) is 3.89. The number of aromatic nitrogens is 1. The highest BCUT2D eigenvalue weighted by atomic mass is 16.4. The number of rotatable bonds is 2. The van der Waals surface area contributed by atoms with Crippen LogP contribution in [-0.4, -0.2) is 16.1 Å². The van der Waals surface area contributed by atoms with E-state index in [0.29, 0.717) is 17.4 Å². The zero-order chi connectivity index (χ0) is 13.5. The number of aryl methyl sites for hydroxylation is 2. The molecular formula is C16H21NO2. The van der Waals surface area contributed by atoms with Gasteiger partial charge >= 0.3 is 5.97 Å². The van der Waals surface area contributed by atoms with Crippen molar-refractivity contribution < 1.29 is 9.90 Å². The molecule has 0 atom stereocenters. The van der Waals surface area contributed by atoms with Crippen LogP contribution in [0.5, 0.6) is 0 Å². The standard InChI is InChI=1S/C16H21NO2/c1-2-13-12(15(18)19)9-11-10-16(6-3-4-7-16)8-5-14(11)17-13/h9H,2-8,10H2,1H3,(H,18,19). The minimum Gasteiger partial charge on any atom is -0.478 e. The summed E-state index contributed by atoms with van der Waals surface area (Å²) in [5.41, 5.74) is 3.96. The zero-order valence-corrected chi connectivity index (χ0v) is 11.5. The van der Waals surface area contributed by atoms with E-state index in [2.05, 4.69) is 4.98 Å².